The molecule has 6 rings (SSSR count). The van der Waals surface area contributed by atoms with Crippen LogP contribution >= 0.6 is 0 Å². The molecule has 4 heterocycles. The minimum Gasteiger partial charge on any atom is -0.490 e. The number of carbonyl (C=O) groups is 2. The fraction of sp³-hybridized carbons (Fsp3) is 0.394. The highest BCUT2D eigenvalue weighted by atomic mass is 16.5. The highest BCUT2D eigenvalue weighted by Crippen LogP contribution is 2.37. The number of nitrogens with one attached hydrogen (secondary N) is 2. The zero-order valence-corrected chi connectivity index (χ0v) is 23.6. The largest absolute Gasteiger partial charge is 0.490 e. The lowest BCUT2D eigenvalue weighted by molar-refractivity contribution is -0.123. The Bertz CT molecular complexity index is 1480. The number of ether oxygens (including phenoxy) is 1. The van der Waals surface area contributed by atoms with Gasteiger partial charge in [-0.1, -0.05) is 32.8 Å². The maximum atomic E-state index is 13.5. The van der Waals surface area contributed by atoms with Crippen molar-refractivity contribution in [2.45, 2.75) is 76.6 Å². The number of aromatic nitrogens is 3. The number of hydrogen-bond acceptors (Lipinski definition) is 5. The van der Waals surface area contributed by atoms with Crippen LogP contribution in [0.25, 0.3) is 22.2 Å². The third-order valence-electron chi connectivity index (χ3n) is 8.94. The summed E-state index contributed by atoms with van der Waals surface area (Å²) in [5.74, 6) is 0.982. The first-order chi connectivity index (χ1) is 20.1. The monoisotopic (exact) mass is 551 g/mol. The number of fused-ring (bicyclic) bond motifs is 3. The van der Waals surface area contributed by atoms with Crippen molar-refractivity contribution in [1.29, 1.82) is 0 Å². The van der Waals surface area contributed by atoms with Crippen LogP contribution in [-0.2, 0) is 4.79 Å². The second-order valence-corrected chi connectivity index (χ2v) is 11.3. The molecule has 4 atom stereocenters. The molecule has 2 aliphatic rings. The van der Waals surface area contributed by atoms with Gasteiger partial charge in [-0.2, -0.15) is 5.10 Å². The van der Waals surface area contributed by atoms with Gasteiger partial charge in [-0.3, -0.25) is 19.7 Å². The number of aromatic amines is 1. The fourth-order valence-corrected chi connectivity index (χ4v) is 6.67. The number of hydrogen-bond donors (Lipinski definition) is 2. The van der Waals surface area contributed by atoms with Crippen LogP contribution in [0.5, 0.6) is 5.75 Å². The molecule has 2 aromatic carbocycles. The van der Waals surface area contributed by atoms with Gasteiger partial charge in [-0.15, -0.1) is 0 Å². The molecule has 2 aromatic heterocycles. The summed E-state index contributed by atoms with van der Waals surface area (Å²) < 4.78 is 6.32. The van der Waals surface area contributed by atoms with Crippen LogP contribution in [0.1, 0.15) is 74.5 Å². The van der Waals surface area contributed by atoms with E-state index in [0.29, 0.717) is 17.6 Å². The van der Waals surface area contributed by atoms with E-state index < -0.39 is 0 Å². The summed E-state index contributed by atoms with van der Waals surface area (Å²) in [6, 6.07) is 19.9. The summed E-state index contributed by atoms with van der Waals surface area (Å²) in [6.07, 6.45) is 8.68. The third kappa shape index (κ3) is 5.43. The van der Waals surface area contributed by atoms with Crippen LogP contribution in [-0.4, -0.2) is 50.6 Å². The van der Waals surface area contributed by atoms with Gasteiger partial charge in [0.1, 0.15) is 11.9 Å². The lowest BCUT2D eigenvalue weighted by Crippen LogP contribution is -2.45. The number of pyridine rings is 1. The van der Waals surface area contributed by atoms with Gasteiger partial charge in [-0.25, -0.2) is 0 Å². The van der Waals surface area contributed by atoms with Crippen molar-refractivity contribution in [2.24, 2.45) is 5.92 Å². The van der Waals surface area contributed by atoms with E-state index in [1.54, 1.807) is 6.20 Å². The quantitative estimate of drug-likeness (QED) is 0.233. The number of piperidine rings is 1. The molecule has 2 fully saturated rings. The van der Waals surface area contributed by atoms with Crippen LogP contribution in [0.4, 0.5) is 0 Å². The predicted octanol–water partition coefficient (Wildman–Crippen LogP) is 6.06. The molecular weight excluding hydrogens is 514 g/mol. The van der Waals surface area contributed by atoms with E-state index in [4.69, 9.17) is 4.74 Å². The highest BCUT2D eigenvalue weighted by molar-refractivity contribution is 6.01. The fourth-order valence-electron chi connectivity index (χ4n) is 6.67. The first-order valence-electron chi connectivity index (χ1n) is 14.8. The molecule has 41 heavy (non-hydrogen) atoms. The van der Waals surface area contributed by atoms with Crippen molar-refractivity contribution in [1.82, 2.24) is 25.4 Å². The third-order valence-corrected chi connectivity index (χ3v) is 8.94. The molecule has 8 nitrogen and oxygen atoms in total. The molecule has 212 valence electrons. The molecular formula is C33H37N5O3. The molecule has 0 spiro atoms. The Hall–Kier alpha value is -4.20. The van der Waals surface area contributed by atoms with Crippen LogP contribution in [0.3, 0.4) is 0 Å². The van der Waals surface area contributed by atoms with E-state index >= 15 is 0 Å². The first kappa shape index (κ1) is 27.0. The number of amides is 2. The summed E-state index contributed by atoms with van der Waals surface area (Å²) in [5.41, 5.74) is 4.07. The van der Waals surface area contributed by atoms with Gasteiger partial charge < -0.3 is 15.0 Å². The molecule has 2 aliphatic heterocycles. The zero-order chi connectivity index (χ0) is 28.3. The minimum atomic E-state index is -0.161. The second-order valence-electron chi connectivity index (χ2n) is 11.3. The Morgan fingerprint density at radius 2 is 1.83 bits per heavy atom. The van der Waals surface area contributed by atoms with Gasteiger partial charge in [0.2, 0.25) is 6.41 Å². The van der Waals surface area contributed by atoms with Crippen LogP contribution < -0.4 is 10.1 Å². The maximum Gasteiger partial charge on any atom is 0.251 e. The molecule has 2 N–H and O–H groups in total. The van der Waals surface area contributed by atoms with Crippen molar-refractivity contribution in [3.05, 3.63) is 78.1 Å². The van der Waals surface area contributed by atoms with E-state index in [1.807, 2.05) is 65.6 Å². The van der Waals surface area contributed by atoms with Crippen molar-refractivity contribution < 1.29 is 14.3 Å². The second kappa shape index (κ2) is 11.7. The Labute approximate surface area is 240 Å². The number of carbonyl (C=O) groups excluding carboxylic acids is 2. The maximum absolute atomic E-state index is 13.5. The average Bonchev–Trinajstić information content (AvgIpc) is 3.54. The lowest BCUT2D eigenvalue weighted by atomic mass is 9.91. The molecule has 8 heteroatoms. The molecule has 2 amide bonds. The van der Waals surface area contributed by atoms with Crippen molar-refractivity contribution in [3.8, 4) is 17.0 Å². The van der Waals surface area contributed by atoms with Crippen molar-refractivity contribution >= 4 is 23.2 Å². The van der Waals surface area contributed by atoms with Gasteiger partial charge in [0, 0.05) is 47.6 Å². The molecule has 2 saturated heterocycles. The van der Waals surface area contributed by atoms with E-state index in [9.17, 15) is 9.59 Å². The van der Waals surface area contributed by atoms with Crippen LogP contribution in [0, 0.1) is 5.92 Å². The minimum absolute atomic E-state index is 0.122. The molecule has 2 bridgehead atoms. The van der Waals surface area contributed by atoms with Crippen molar-refractivity contribution in [3.63, 3.8) is 0 Å². The van der Waals surface area contributed by atoms with Gasteiger partial charge in [-0.05, 0) is 73.4 Å². The molecule has 4 aromatic rings. The van der Waals surface area contributed by atoms with E-state index in [-0.39, 0.29) is 24.0 Å². The van der Waals surface area contributed by atoms with E-state index in [2.05, 4.69) is 34.3 Å². The van der Waals surface area contributed by atoms with Crippen molar-refractivity contribution in [2.75, 3.05) is 0 Å². The predicted molar refractivity (Wildman–Crippen MR) is 158 cm³/mol. The standard InChI is InChI=1S/C33H37N5O3/c1-3-21(4-2)32(30-7-5-6-16-34-30)35-33(40)23-10-15-29-28(17-23)31(37-36-29)22-8-13-26(14-9-22)41-27-18-24-11-12-25(19-27)38(24)20-39/h5-10,13-17,20-21,24-25,27,32H,3-4,11-12,18-19H2,1-2H3,(H,35,40)(H,36,37)/t24-,25+,27-,32?. The normalized spacial score (nSPS) is 20.8. The SMILES string of the molecule is CCC(CC)C(NC(=O)c1ccc2[nH]nc(-c3ccc(O[C@@H]4C[C@H]5CC[C@@H](C4)N5C=O)cc3)c2c1)c1ccccn1. The summed E-state index contributed by atoms with van der Waals surface area (Å²) in [5, 5.41) is 11.8. The molecule has 0 saturated carbocycles. The lowest BCUT2D eigenvalue weighted by Gasteiger charge is -2.36. The Balaban J connectivity index is 1.19. The Morgan fingerprint density at radius 1 is 1.07 bits per heavy atom. The topological polar surface area (TPSA) is 100 Å². The smallest absolute Gasteiger partial charge is 0.251 e. The highest BCUT2D eigenvalue weighted by Gasteiger charge is 2.40. The summed E-state index contributed by atoms with van der Waals surface area (Å²) in [4.78, 5) is 31.4. The first-order valence-corrected chi connectivity index (χ1v) is 14.8. The Morgan fingerprint density at radius 3 is 2.49 bits per heavy atom. The zero-order valence-electron chi connectivity index (χ0n) is 23.6. The summed E-state index contributed by atoms with van der Waals surface area (Å²) in [6.45, 7) is 4.30. The van der Waals surface area contributed by atoms with Crippen LogP contribution in [0.2, 0.25) is 0 Å². The molecule has 0 radical (unpaired) electrons. The van der Waals surface area contributed by atoms with E-state index in [0.717, 1.165) is 78.5 Å². The number of benzene rings is 2. The Kier molecular flexibility index (Phi) is 7.72. The van der Waals surface area contributed by atoms with Gasteiger partial charge >= 0.3 is 0 Å². The molecule has 1 unspecified atom stereocenters. The summed E-state index contributed by atoms with van der Waals surface area (Å²) >= 11 is 0. The van der Waals surface area contributed by atoms with Gasteiger partial charge in [0.05, 0.1) is 22.9 Å². The number of rotatable bonds is 10. The van der Waals surface area contributed by atoms with Crippen LogP contribution in [0.15, 0.2) is 66.9 Å². The van der Waals surface area contributed by atoms with Gasteiger partial charge in [0.15, 0.2) is 0 Å². The van der Waals surface area contributed by atoms with E-state index in [1.165, 1.54) is 0 Å². The number of nitrogens with zero attached hydrogens (tertiary/aromatic N) is 3. The summed E-state index contributed by atoms with van der Waals surface area (Å²) in [7, 11) is 0. The molecule has 0 aliphatic carbocycles. The van der Waals surface area contributed by atoms with Gasteiger partial charge in [0.25, 0.3) is 5.91 Å². The number of H-pyrrole nitrogens is 1. The average molecular weight is 552 g/mol.